The first-order valence-corrected chi connectivity index (χ1v) is 11.2. The molecule has 0 aromatic heterocycles. The highest BCUT2D eigenvalue weighted by molar-refractivity contribution is 5.81. The summed E-state index contributed by atoms with van der Waals surface area (Å²) < 4.78 is 5.22. The van der Waals surface area contributed by atoms with E-state index in [1.807, 2.05) is 17.9 Å². The molecule has 0 saturated carbocycles. The second-order valence-electron chi connectivity index (χ2n) is 7.95. The van der Waals surface area contributed by atoms with Gasteiger partial charge in [0.25, 0.3) is 0 Å². The summed E-state index contributed by atoms with van der Waals surface area (Å²) >= 11 is 0. The maximum atomic E-state index is 12.2. The Morgan fingerprint density at radius 2 is 2.07 bits per heavy atom. The number of hydrogen-bond acceptors (Lipinski definition) is 4. The average Bonchev–Trinajstić information content (AvgIpc) is 3.16. The van der Waals surface area contributed by atoms with E-state index < -0.39 is 0 Å². The highest BCUT2D eigenvalue weighted by Gasteiger charge is 2.28. The van der Waals surface area contributed by atoms with Crippen molar-refractivity contribution in [1.29, 1.82) is 0 Å². The highest BCUT2D eigenvalue weighted by Crippen LogP contribution is 2.19. The topological polar surface area (TPSA) is 74.2 Å². The second-order valence-corrected chi connectivity index (χ2v) is 7.95. The third-order valence-electron chi connectivity index (χ3n) is 5.62. The fourth-order valence-corrected chi connectivity index (χ4v) is 4.13. The molecule has 2 fully saturated rings. The molecule has 1 aromatic rings. The Morgan fingerprint density at radius 1 is 1.23 bits per heavy atom. The summed E-state index contributed by atoms with van der Waals surface area (Å²) in [5.74, 6) is 0.881. The molecule has 1 atom stereocenters. The first-order valence-electron chi connectivity index (χ1n) is 11.2. The van der Waals surface area contributed by atoms with Crippen LogP contribution in [0.5, 0.6) is 0 Å². The Labute approximate surface area is 179 Å². The van der Waals surface area contributed by atoms with Gasteiger partial charge in [-0.15, -0.1) is 0 Å². The van der Waals surface area contributed by atoms with Gasteiger partial charge in [-0.2, -0.15) is 0 Å². The quantitative estimate of drug-likeness (QED) is 0.422. The van der Waals surface area contributed by atoms with E-state index in [0.717, 1.165) is 56.0 Å². The van der Waals surface area contributed by atoms with Crippen molar-refractivity contribution in [3.63, 3.8) is 0 Å². The van der Waals surface area contributed by atoms with Gasteiger partial charge in [0.05, 0.1) is 19.1 Å². The van der Waals surface area contributed by atoms with Crippen LogP contribution >= 0.6 is 0 Å². The molecule has 0 aliphatic carbocycles. The third kappa shape index (κ3) is 5.97. The lowest BCUT2D eigenvalue weighted by molar-refractivity contribution is -0.149. The van der Waals surface area contributed by atoms with Gasteiger partial charge in [0.2, 0.25) is 5.91 Å². The van der Waals surface area contributed by atoms with Crippen molar-refractivity contribution >= 4 is 17.8 Å². The van der Waals surface area contributed by atoms with Gasteiger partial charge in [-0.3, -0.25) is 9.59 Å². The van der Waals surface area contributed by atoms with Crippen LogP contribution < -0.4 is 5.32 Å². The van der Waals surface area contributed by atoms with E-state index in [2.05, 4.69) is 35.3 Å². The number of benzene rings is 1. The predicted octanol–water partition coefficient (Wildman–Crippen LogP) is 2.55. The van der Waals surface area contributed by atoms with Crippen molar-refractivity contribution in [2.75, 3.05) is 32.8 Å². The maximum Gasteiger partial charge on any atom is 0.310 e. The molecule has 7 heteroatoms. The summed E-state index contributed by atoms with van der Waals surface area (Å²) in [6.45, 7) is 8.70. The molecule has 30 heavy (non-hydrogen) atoms. The van der Waals surface area contributed by atoms with E-state index in [0.29, 0.717) is 32.7 Å². The monoisotopic (exact) mass is 414 g/mol. The fourth-order valence-electron chi connectivity index (χ4n) is 4.13. The molecular formula is C23H34N4O3. The molecule has 2 saturated heterocycles. The molecule has 7 nitrogen and oxygen atoms in total. The number of aliphatic imine (C=N–C) groups is 1. The minimum atomic E-state index is -0.109. The van der Waals surface area contributed by atoms with Gasteiger partial charge in [0.1, 0.15) is 0 Å². The van der Waals surface area contributed by atoms with Gasteiger partial charge in [0.15, 0.2) is 5.96 Å². The first kappa shape index (κ1) is 22.1. The summed E-state index contributed by atoms with van der Waals surface area (Å²) in [6.07, 6.45) is 3.44. The average molecular weight is 415 g/mol. The van der Waals surface area contributed by atoms with Crippen molar-refractivity contribution in [1.82, 2.24) is 15.1 Å². The van der Waals surface area contributed by atoms with E-state index >= 15 is 0 Å². The lowest BCUT2D eigenvalue weighted by Gasteiger charge is -2.34. The van der Waals surface area contributed by atoms with Gasteiger partial charge < -0.3 is 19.9 Å². The number of esters is 1. The zero-order chi connectivity index (χ0) is 21.3. The number of guanidine groups is 1. The molecule has 2 aliphatic heterocycles. The van der Waals surface area contributed by atoms with Gasteiger partial charge in [-0.25, -0.2) is 4.99 Å². The summed E-state index contributed by atoms with van der Waals surface area (Å²) in [7, 11) is 0. The molecule has 164 valence electrons. The Morgan fingerprint density at radius 3 is 2.80 bits per heavy atom. The Balaban J connectivity index is 1.65. The molecule has 1 aromatic carbocycles. The number of amides is 1. The number of nitrogens with zero attached hydrogens (tertiary/aromatic N) is 3. The van der Waals surface area contributed by atoms with Crippen molar-refractivity contribution in [2.45, 2.75) is 52.6 Å². The third-order valence-corrected chi connectivity index (χ3v) is 5.62. The SMILES string of the molecule is CCNC(=NCc1cccc(CN2CCCC2=O)c1)N1CCCC(C(=O)OCC)C1. The van der Waals surface area contributed by atoms with Crippen LogP contribution in [-0.4, -0.2) is 60.4 Å². The molecule has 1 amide bonds. The Hall–Kier alpha value is -2.57. The fraction of sp³-hybridized carbons (Fsp3) is 0.609. The van der Waals surface area contributed by atoms with Crippen molar-refractivity contribution in [2.24, 2.45) is 10.9 Å². The maximum absolute atomic E-state index is 12.2. The van der Waals surface area contributed by atoms with Crippen molar-refractivity contribution < 1.29 is 14.3 Å². The minimum absolute atomic E-state index is 0.0936. The number of likely N-dealkylation sites (tertiary alicyclic amines) is 2. The minimum Gasteiger partial charge on any atom is -0.466 e. The number of rotatable bonds is 7. The molecule has 3 rings (SSSR count). The van der Waals surface area contributed by atoms with E-state index in [9.17, 15) is 9.59 Å². The molecule has 2 heterocycles. The van der Waals surface area contributed by atoms with Crippen LogP contribution in [0, 0.1) is 5.92 Å². The Bertz CT molecular complexity index is 765. The lowest BCUT2D eigenvalue weighted by Crippen LogP contribution is -2.48. The van der Waals surface area contributed by atoms with E-state index in [-0.39, 0.29) is 17.8 Å². The molecular weight excluding hydrogens is 380 g/mol. The summed E-state index contributed by atoms with van der Waals surface area (Å²) in [6, 6.07) is 8.31. The van der Waals surface area contributed by atoms with Gasteiger partial charge in [-0.05, 0) is 44.2 Å². The molecule has 1 unspecified atom stereocenters. The van der Waals surface area contributed by atoms with Gasteiger partial charge >= 0.3 is 5.97 Å². The number of ether oxygens (including phenoxy) is 1. The molecule has 0 bridgehead atoms. The number of hydrogen-bond donors (Lipinski definition) is 1. The van der Waals surface area contributed by atoms with Crippen LogP contribution in [0.3, 0.4) is 0 Å². The number of carbonyl (C=O) groups excluding carboxylic acids is 2. The van der Waals surface area contributed by atoms with E-state index in [4.69, 9.17) is 9.73 Å². The number of carbonyl (C=O) groups is 2. The molecule has 0 radical (unpaired) electrons. The predicted molar refractivity (Wildman–Crippen MR) is 117 cm³/mol. The van der Waals surface area contributed by atoms with Crippen LogP contribution in [0.2, 0.25) is 0 Å². The van der Waals surface area contributed by atoms with Crippen molar-refractivity contribution in [3.05, 3.63) is 35.4 Å². The number of nitrogens with one attached hydrogen (secondary N) is 1. The summed E-state index contributed by atoms with van der Waals surface area (Å²) in [4.78, 5) is 33.0. The lowest BCUT2D eigenvalue weighted by atomic mass is 9.98. The van der Waals surface area contributed by atoms with Gasteiger partial charge in [-0.1, -0.05) is 24.3 Å². The highest BCUT2D eigenvalue weighted by atomic mass is 16.5. The van der Waals surface area contributed by atoms with Crippen LogP contribution in [0.4, 0.5) is 0 Å². The van der Waals surface area contributed by atoms with Crippen LogP contribution in [0.1, 0.15) is 50.7 Å². The second kappa shape index (κ2) is 11.0. The first-order chi connectivity index (χ1) is 14.6. The molecule has 0 spiro atoms. The zero-order valence-corrected chi connectivity index (χ0v) is 18.2. The van der Waals surface area contributed by atoms with E-state index in [1.54, 1.807) is 0 Å². The van der Waals surface area contributed by atoms with Crippen LogP contribution in [0.15, 0.2) is 29.3 Å². The molecule has 2 aliphatic rings. The summed E-state index contributed by atoms with van der Waals surface area (Å²) in [5.41, 5.74) is 2.26. The molecule has 1 N–H and O–H groups in total. The number of piperidine rings is 1. The smallest absolute Gasteiger partial charge is 0.310 e. The normalized spacial score (nSPS) is 19.9. The largest absolute Gasteiger partial charge is 0.466 e. The van der Waals surface area contributed by atoms with Crippen LogP contribution in [-0.2, 0) is 27.4 Å². The van der Waals surface area contributed by atoms with Crippen LogP contribution in [0.25, 0.3) is 0 Å². The standard InChI is InChI=1S/C23H34N4O3/c1-3-24-23(27-13-6-10-20(17-27)22(29)30-4-2)25-15-18-8-5-9-19(14-18)16-26-12-7-11-21(26)28/h5,8-9,14,20H,3-4,6-7,10-13,15-17H2,1-2H3,(H,24,25). The van der Waals surface area contributed by atoms with Crippen molar-refractivity contribution in [3.8, 4) is 0 Å². The zero-order valence-electron chi connectivity index (χ0n) is 18.2. The summed E-state index contributed by atoms with van der Waals surface area (Å²) in [5, 5.41) is 3.36. The Kier molecular flexibility index (Phi) is 8.11. The van der Waals surface area contributed by atoms with E-state index in [1.165, 1.54) is 0 Å². The van der Waals surface area contributed by atoms with Gasteiger partial charge in [0, 0.05) is 39.1 Å².